The Kier molecular flexibility index (Phi) is 3.77. The van der Waals surface area contributed by atoms with Gasteiger partial charge in [0.2, 0.25) is 5.95 Å². The number of fused-ring (bicyclic) bond motifs is 1. The first-order valence-electron chi connectivity index (χ1n) is 8.21. The summed E-state index contributed by atoms with van der Waals surface area (Å²) in [6.45, 7) is 0.284. The van der Waals surface area contributed by atoms with Crippen LogP contribution < -0.4 is 10.1 Å². The molecule has 0 unspecified atom stereocenters. The zero-order valence-electron chi connectivity index (χ0n) is 13.8. The fourth-order valence-corrected chi connectivity index (χ4v) is 2.79. The van der Waals surface area contributed by atoms with Gasteiger partial charge in [0, 0.05) is 19.2 Å². The molecule has 0 radical (unpaired) electrons. The summed E-state index contributed by atoms with van der Waals surface area (Å²) < 4.78 is 22.0. The Morgan fingerprint density at radius 3 is 2.88 bits per heavy atom. The van der Waals surface area contributed by atoms with E-state index in [0.29, 0.717) is 28.3 Å². The highest BCUT2D eigenvalue weighted by Gasteiger charge is 2.25. The van der Waals surface area contributed by atoms with E-state index in [1.165, 1.54) is 0 Å². The minimum Gasteiger partial charge on any atom is -0.487 e. The van der Waals surface area contributed by atoms with Gasteiger partial charge in [0.1, 0.15) is 11.6 Å². The number of halogens is 1. The zero-order chi connectivity index (χ0) is 17.4. The van der Waals surface area contributed by atoms with Crippen LogP contribution in [-0.2, 0) is 13.6 Å². The second-order valence-corrected chi connectivity index (χ2v) is 6.18. The second kappa shape index (κ2) is 6.10. The molecule has 25 heavy (non-hydrogen) atoms. The van der Waals surface area contributed by atoms with Crippen LogP contribution in [0.25, 0.3) is 11.0 Å². The lowest BCUT2D eigenvalue weighted by molar-refractivity contribution is 0.286. The average molecular weight is 336 g/mol. The number of ether oxygens (including phenoxy) is 1. The van der Waals surface area contributed by atoms with E-state index in [9.17, 15) is 9.65 Å². The highest BCUT2D eigenvalue weighted by atomic mass is 19.1. The Morgan fingerprint density at radius 2 is 2.12 bits per heavy atom. The van der Waals surface area contributed by atoms with Crippen molar-refractivity contribution in [2.75, 3.05) is 5.32 Å². The van der Waals surface area contributed by atoms with E-state index in [1.54, 1.807) is 24.3 Å². The molecular formula is C19H17FN4O. The third-order valence-electron chi connectivity index (χ3n) is 4.33. The number of nitrogens with zero attached hydrogens (tertiary/aromatic N) is 3. The summed E-state index contributed by atoms with van der Waals surface area (Å²) in [6, 6.07) is 12.8. The average Bonchev–Trinajstić information content (AvgIpc) is 3.38. The molecule has 1 N–H and O–H groups in total. The van der Waals surface area contributed by atoms with Crippen molar-refractivity contribution in [2.45, 2.75) is 25.5 Å². The van der Waals surface area contributed by atoms with Crippen LogP contribution in [-0.4, -0.2) is 15.7 Å². The van der Waals surface area contributed by atoms with Crippen LogP contribution in [0.5, 0.6) is 5.75 Å². The van der Waals surface area contributed by atoms with Crippen molar-refractivity contribution in [3.8, 4) is 11.8 Å². The number of rotatable bonds is 5. The first-order valence-corrected chi connectivity index (χ1v) is 8.21. The normalized spacial score (nSPS) is 13.6. The van der Waals surface area contributed by atoms with Gasteiger partial charge in [0.25, 0.3) is 0 Å². The Hall–Kier alpha value is -3.07. The molecule has 0 spiro atoms. The van der Waals surface area contributed by atoms with Crippen LogP contribution in [0.3, 0.4) is 0 Å². The Balaban J connectivity index is 1.58. The number of aromatic nitrogens is 2. The quantitative estimate of drug-likeness (QED) is 0.771. The van der Waals surface area contributed by atoms with Crippen molar-refractivity contribution in [1.29, 1.82) is 5.26 Å². The lowest BCUT2D eigenvalue weighted by Gasteiger charge is -2.11. The summed E-state index contributed by atoms with van der Waals surface area (Å²) in [7, 11) is 1.86. The van der Waals surface area contributed by atoms with Crippen LogP contribution in [0.15, 0.2) is 36.4 Å². The lowest BCUT2D eigenvalue weighted by atomic mass is 10.2. The molecular weight excluding hydrogens is 319 g/mol. The van der Waals surface area contributed by atoms with Gasteiger partial charge in [0.05, 0.1) is 17.2 Å². The molecule has 1 aliphatic rings. The lowest BCUT2D eigenvalue weighted by Crippen LogP contribution is -2.08. The van der Waals surface area contributed by atoms with Gasteiger partial charge in [-0.15, -0.1) is 0 Å². The third kappa shape index (κ3) is 2.89. The van der Waals surface area contributed by atoms with Crippen molar-refractivity contribution in [2.24, 2.45) is 7.05 Å². The molecule has 3 aromatic rings. The summed E-state index contributed by atoms with van der Waals surface area (Å²) in [6.07, 6.45) is 2.13. The molecule has 1 saturated carbocycles. The van der Waals surface area contributed by atoms with Crippen molar-refractivity contribution in [3.05, 3.63) is 53.3 Å². The largest absolute Gasteiger partial charge is 0.487 e. The van der Waals surface area contributed by atoms with Crippen molar-refractivity contribution >= 4 is 17.0 Å². The van der Waals surface area contributed by atoms with E-state index >= 15 is 0 Å². The van der Waals surface area contributed by atoms with Crippen molar-refractivity contribution < 1.29 is 9.13 Å². The van der Waals surface area contributed by atoms with E-state index in [2.05, 4.69) is 16.4 Å². The number of anilines is 1. The van der Waals surface area contributed by atoms with Crippen LogP contribution in [0.1, 0.15) is 24.0 Å². The number of nitrogens with one attached hydrogen (secondary N) is 1. The predicted molar refractivity (Wildman–Crippen MR) is 92.8 cm³/mol. The molecule has 0 amide bonds. The van der Waals surface area contributed by atoms with Crippen molar-refractivity contribution in [3.63, 3.8) is 0 Å². The van der Waals surface area contributed by atoms with Gasteiger partial charge in [0.15, 0.2) is 11.6 Å². The molecule has 2 aromatic carbocycles. The van der Waals surface area contributed by atoms with Gasteiger partial charge in [-0.1, -0.05) is 18.2 Å². The van der Waals surface area contributed by atoms with Crippen LogP contribution in [0.2, 0.25) is 0 Å². The summed E-state index contributed by atoms with van der Waals surface area (Å²) >= 11 is 0. The fraction of sp³-hybridized carbons (Fsp3) is 0.263. The molecule has 5 nitrogen and oxygen atoms in total. The van der Waals surface area contributed by atoms with E-state index in [1.807, 2.05) is 23.7 Å². The van der Waals surface area contributed by atoms with Gasteiger partial charge in [-0.3, -0.25) is 0 Å². The maximum Gasteiger partial charge on any atom is 0.203 e. The molecule has 4 rings (SSSR count). The van der Waals surface area contributed by atoms with E-state index in [-0.39, 0.29) is 18.5 Å². The summed E-state index contributed by atoms with van der Waals surface area (Å²) in [4.78, 5) is 4.48. The van der Waals surface area contributed by atoms with Crippen LogP contribution >= 0.6 is 0 Å². The van der Waals surface area contributed by atoms with Gasteiger partial charge in [-0.05, 0) is 31.0 Å². The third-order valence-corrected chi connectivity index (χ3v) is 4.33. The number of para-hydroxylation sites is 1. The molecule has 0 bridgehead atoms. The number of hydrogen-bond acceptors (Lipinski definition) is 4. The van der Waals surface area contributed by atoms with Gasteiger partial charge in [-0.25, -0.2) is 9.37 Å². The SMILES string of the molecule is Cn1c(NCc2cccc(OC3CC3)c2F)nc2c(C#N)cccc21. The van der Waals surface area contributed by atoms with Gasteiger partial charge >= 0.3 is 0 Å². The molecule has 0 saturated heterocycles. The molecule has 1 fully saturated rings. The number of imidazole rings is 1. The van der Waals surface area contributed by atoms with Crippen molar-refractivity contribution in [1.82, 2.24) is 9.55 Å². The molecule has 1 heterocycles. The smallest absolute Gasteiger partial charge is 0.203 e. The molecule has 1 aromatic heterocycles. The molecule has 6 heteroatoms. The van der Waals surface area contributed by atoms with E-state index in [0.717, 1.165) is 18.4 Å². The fourth-order valence-electron chi connectivity index (χ4n) is 2.79. The zero-order valence-corrected chi connectivity index (χ0v) is 13.8. The number of aryl methyl sites for hydroxylation is 1. The minimum atomic E-state index is -0.335. The van der Waals surface area contributed by atoms with Gasteiger partial charge < -0.3 is 14.6 Å². The second-order valence-electron chi connectivity index (χ2n) is 6.18. The Morgan fingerprint density at radius 1 is 1.32 bits per heavy atom. The number of benzene rings is 2. The van der Waals surface area contributed by atoms with E-state index in [4.69, 9.17) is 4.74 Å². The molecule has 126 valence electrons. The topological polar surface area (TPSA) is 62.9 Å². The monoisotopic (exact) mass is 336 g/mol. The maximum atomic E-state index is 14.6. The number of hydrogen-bond donors (Lipinski definition) is 1. The molecule has 1 aliphatic carbocycles. The van der Waals surface area contributed by atoms with E-state index < -0.39 is 0 Å². The highest BCUT2D eigenvalue weighted by Crippen LogP contribution is 2.30. The van der Waals surface area contributed by atoms with Crippen LogP contribution in [0, 0.1) is 17.1 Å². The summed E-state index contributed by atoms with van der Waals surface area (Å²) in [5.74, 6) is 0.558. The Bertz CT molecular complexity index is 985. The van der Waals surface area contributed by atoms with Crippen LogP contribution in [0.4, 0.5) is 10.3 Å². The predicted octanol–water partition coefficient (Wildman–Crippen LogP) is 3.74. The first-order chi connectivity index (χ1) is 12.2. The maximum absolute atomic E-state index is 14.6. The summed E-state index contributed by atoms with van der Waals surface area (Å²) in [5.41, 5.74) is 2.53. The standard InChI is InChI=1S/C19H17FN4O/c1-24-15-6-2-4-12(10-21)18(15)23-19(24)22-11-13-5-3-7-16(17(13)20)25-14-8-9-14/h2-7,14H,8-9,11H2,1H3,(H,22,23). The number of nitriles is 1. The minimum absolute atomic E-state index is 0.155. The summed E-state index contributed by atoms with van der Waals surface area (Å²) in [5, 5.41) is 12.4. The molecule has 0 aliphatic heterocycles. The first kappa shape index (κ1) is 15.5. The Labute approximate surface area is 144 Å². The highest BCUT2D eigenvalue weighted by molar-refractivity contribution is 5.84. The molecule has 0 atom stereocenters. The van der Waals surface area contributed by atoms with Gasteiger partial charge in [-0.2, -0.15) is 5.26 Å².